The maximum atomic E-state index is 5.66. The Kier molecular flexibility index (Phi) is 7.46. The number of nitrogens with one attached hydrogen (secondary N) is 1. The molecule has 0 aliphatic rings. The van der Waals surface area contributed by atoms with Crippen molar-refractivity contribution < 1.29 is 4.74 Å². The monoisotopic (exact) mass is 250 g/mol. The van der Waals surface area contributed by atoms with Crippen LogP contribution >= 0.6 is 0 Å². The van der Waals surface area contributed by atoms with Crippen LogP contribution in [0.5, 0.6) is 5.75 Å². The molecule has 1 aromatic rings. The molecule has 1 rings (SSSR count). The van der Waals surface area contributed by atoms with Crippen molar-refractivity contribution in [3.05, 3.63) is 30.3 Å². The Hall–Kier alpha value is -1.06. The lowest BCUT2D eigenvalue weighted by molar-refractivity contribution is 0.261. The van der Waals surface area contributed by atoms with Crippen LogP contribution in [0.4, 0.5) is 0 Å². The van der Waals surface area contributed by atoms with Gasteiger partial charge in [0, 0.05) is 25.7 Å². The summed E-state index contributed by atoms with van der Waals surface area (Å²) in [6.07, 6.45) is 1.06. The number of benzene rings is 1. The molecule has 102 valence electrons. The Morgan fingerprint density at radius 3 is 2.56 bits per heavy atom. The Labute approximate surface area is 111 Å². The quantitative estimate of drug-likeness (QED) is 0.681. The number of hydrogen-bond donors (Lipinski definition) is 1. The fourth-order valence-corrected chi connectivity index (χ4v) is 1.70. The number of ether oxygens (including phenoxy) is 1. The Bertz CT molecular complexity index is 301. The van der Waals surface area contributed by atoms with E-state index in [1.54, 1.807) is 0 Å². The van der Waals surface area contributed by atoms with Crippen LogP contribution < -0.4 is 10.1 Å². The van der Waals surface area contributed by atoms with Gasteiger partial charge in [0.25, 0.3) is 0 Å². The van der Waals surface area contributed by atoms with Crippen LogP contribution in [0.25, 0.3) is 0 Å². The smallest absolute Gasteiger partial charge is 0.119 e. The van der Waals surface area contributed by atoms with Gasteiger partial charge in [0.05, 0.1) is 6.61 Å². The summed E-state index contributed by atoms with van der Waals surface area (Å²) in [4.78, 5) is 2.34. The van der Waals surface area contributed by atoms with Gasteiger partial charge in [-0.3, -0.25) is 0 Å². The molecule has 0 amide bonds. The first-order valence-electron chi connectivity index (χ1n) is 6.78. The highest BCUT2D eigenvalue weighted by Gasteiger charge is 1.99. The van der Waals surface area contributed by atoms with E-state index in [4.69, 9.17) is 4.74 Å². The highest BCUT2D eigenvalue weighted by Crippen LogP contribution is 2.08. The molecule has 3 nitrogen and oxygen atoms in total. The van der Waals surface area contributed by atoms with Gasteiger partial charge in [-0.05, 0) is 25.6 Å². The van der Waals surface area contributed by atoms with Crippen molar-refractivity contribution in [1.82, 2.24) is 10.2 Å². The number of hydrogen-bond acceptors (Lipinski definition) is 3. The molecule has 0 fully saturated rings. The van der Waals surface area contributed by atoms with Crippen molar-refractivity contribution in [1.29, 1.82) is 0 Å². The SMILES string of the molecule is CC(C)NCCN(C)CCCOc1ccccc1. The number of nitrogens with zero attached hydrogens (tertiary/aromatic N) is 1. The first-order chi connectivity index (χ1) is 8.68. The zero-order chi connectivity index (χ0) is 13.2. The van der Waals surface area contributed by atoms with Gasteiger partial charge in [-0.1, -0.05) is 32.0 Å². The van der Waals surface area contributed by atoms with Gasteiger partial charge in [0.15, 0.2) is 0 Å². The minimum absolute atomic E-state index is 0.569. The van der Waals surface area contributed by atoms with Gasteiger partial charge in [-0.25, -0.2) is 0 Å². The average Bonchev–Trinajstić information content (AvgIpc) is 2.35. The zero-order valence-corrected chi connectivity index (χ0v) is 11.9. The highest BCUT2D eigenvalue weighted by atomic mass is 16.5. The van der Waals surface area contributed by atoms with Crippen LogP contribution in [-0.2, 0) is 0 Å². The van der Waals surface area contributed by atoms with Crippen LogP contribution in [0.2, 0.25) is 0 Å². The predicted molar refractivity (Wildman–Crippen MR) is 77.2 cm³/mol. The van der Waals surface area contributed by atoms with Crippen molar-refractivity contribution in [3.8, 4) is 5.75 Å². The summed E-state index contributed by atoms with van der Waals surface area (Å²) in [6, 6.07) is 10.6. The number of para-hydroxylation sites is 1. The van der Waals surface area contributed by atoms with Crippen LogP contribution in [0.1, 0.15) is 20.3 Å². The topological polar surface area (TPSA) is 24.5 Å². The molecule has 0 aliphatic heterocycles. The van der Waals surface area contributed by atoms with Gasteiger partial charge in [-0.2, -0.15) is 0 Å². The largest absolute Gasteiger partial charge is 0.494 e. The summed E-state index contributed by atoms with van der Waals surface area (Å²) in [6.45, 7) is 8.34. The van der Waals surface area contributed by atoms with Crippen molar-refractivity contribution >= 4 is 0 Å². The standard InChI is InChI=1S/C15H26N2O/c1-14(2)16-10-12-17(3)11-7-13-18-15-8-5-4-6-9-15/h4-6,8-9,14,16H,7,10-13H2,1-3H3. The van der Waals surface area contributed by atoms with E-state index in [-0.39, 0.29) is 0 Å². The van der Waals surface area contributed by atoms with Gasteiger partial charge < -0.3 is 15.0 Å². The molecule has 18 heavy (non-hydrogen) atoms. The minimum Gasteiger partial charge on any atom is -0.494 e. The van der Waals surface area contributed by atoms with Gasteiger partial charge >= 0.3 is 0 Å². The van der Waals surface area contributed by atoms with Crippen molar-refractivity contribution in [2.75, 3.05) is 33.3 Å². The molecule has 0 radical (unpaired) electrons. The summed E-state index contributed by atoms with van der Waals surface area (Å²) in [5.41, 5.74) is 0. The first-order valence-corrected chi connectivity index (χ1v) is 6.78. The fourth-order valence-electron chi connectivity index (χ4n) is 1.70. The van der Waals surface area contributed by atoms with E-state index >= 15 is 0 Å². The Morgan fingerprint density at radius 2 is 1.89 bits per heavy atom. The summed E-state index contributed by atoms with van der Waals surface area (Å²) in [5, 5.41) is 3.42. The second kappa shape index (κ2) is 8.95. The molecule has 0 saturated carbocycles. The number of likely N-dealkylation sites (N-methyl/N-ethyl adjacent to an activating group) is 1. The van der Waals surface area contributed by atoms with E-state index in [1.807, 2.05) is 30.3 Å². The third kappa shape index (κ3) is 7.30. The molecule has 0 bridgehead atoms. The lowest BCUT2D eigenvalue weighted by Gasteiger charge is -2.18. The van der Waals surface area contributed by atoms with Crippen molar-refractivity contribution in [2.45, 2.75) is 26.3 Å². The summed E-state index contributed by atoms with van der Waals surface area (Å²) >= 11 is 0. The van der Waals surface area contributed by atoms with Crippen LogP contribution in [0, 0.1) is 0 Å². The molecule has 1 aromatic carbocycles. The summed E-state index contributed by atoms with van der Waals surface area (Å²) in [5.74, 6) is 0.960. The van der Waals surface area contributed by atoms with E-state index in [9.17, 15) is 0 Å². The molecular formula is C15H26N2O. The Morgan fingerprint density at radius 1 is 1.17 bits per heavy atom. The normalized spacial score (nSPS) is 11.2. The van der Waals surface area contributed by atoms with Crippen molar-refractivity contribution in [2.24, 2.45) is 0 Å². The molecule has 0 aromatic heterocycles. The molecule has 0 atom stereocenters. The third-order valence-electron chi connectivity index (χ3n) is 2.74. The van der Waals surface area contributed by atoms with E-state index in [2.05, 4.69) is 31.1 Å². The van der Waals surface area contributed by atoms with Gasteiger partial charge in [0.2, 0.25) is 0 Å². The van der Waals surface area contributed by atoms with Crippen LogP contribution in [-0.4, -0.2) is 44.2 Å². The molecule has 0 spiro atoms. The summed E-state index contributed by atoms with van der Waals surface area (Å²) < 4.78 is 5.66. The van der Waals surface area contributed by atoms with E-state index in [1.165, 1.54) is 0 Å². The van der Waals surface area contributed by atoms with E-state index in [0.29, 0.717) is 6.04 Å². The molecule has 0 heterocycles. The van der Waals surface area contributed by atoms with Crippen LogP contribution in [0.3, 0.4) is 0 Å². The van der Waals surface area contributed by atoms with E-state index in [0.717, 1.165) is 38.4 Å². The van der Waals surface area contributed by atoms with Gasteiger partial charge in [0.1, 0.15) is 5.75 Å². The maximum Gasteiger partial charge on any atom is 0.119 e. The molecule has 3 heteroatoms. The zero-order valence-electron chi connectivity index (χ0n) is 11.9. The molecule has 1 N–H and O–H groups in total. The van der Waals surface area contributed by atoms with E-state index < -0.39 is 0 Å². The Balaban J connectivity index is 2.00. The molecule has 0 unspecified atom stereocenters. The molecule has 0 aliphatic carbocycles. The molecule has 0 saturated heterocycles. The molecular weight excluding hydrogens is 224 g/mol. The lowest BCUT2D eigenvalue weighted by Crippen LogP contribution is -2.33. The highest BCUT2D eigenvalue weighted by molar-refractivity contribution is 5.20. The van der Waals surface area contributed by atoms with Gasteiger partial charge in [-0.15, -0.1) is 0 Å². The first kappa shape index (κ1) is 15.0. The minimum atomic E-state index is 0.569. The van der Waals surface area contributed by atoms with Crippen LogP contribution in [0.15, 0.2) is 30.3 Å². The maximum absolute atomic E-state index is 5.66. The average molecular weight is 250 g/mol. The predicted octanol–water partition coefficient (Wildman–Crippen LogP) is 2.39. The fraction of sp³-hybridized carbons (Fsp3) is 0.600. The van der Waals surface area contributed by atoms with Crippen molar-refractivity contribution in [3.63, 3.8) is 0 Å². The third-order valence-corrected chi connectivity index (χ3v) is 2.74. The lowest BCUT2D eigenvalue weighted by atomic mass is 10.3. The summed E-state index contributed by atoms with van der Waals surface area (Å²) in [7, 11) is 2.16. The second-order valence-corrected chi connectivity index (χ2v) is 4.93. The number of rotatable bonds is 9. The second-order valence-electron chi connectivity index (χ2n) is 4.93.